The van der Waals surface area contributed by atoms with Crippen molar-refractivity contribution in [2.45, 2.75) is 19.8 Å². The molecule has 0 spiro atoms. The zero-order valence-electron chi connectivity index (χ0n) is 14.3. The highest BCUT2D eigenvalue weighted by atomic mass is 35.5. The molecule has 1 saturated heterocycles. The van der Waals surface area contributed by atoms with Crippen LogP contribution in [0, 0.1) is 0 Å². The van der Waals surface area contributed by atoms with Crippen molar-refractivity contribution in [1.29, 1.82) is 0 Å². The van der Waals surface area contributed by atoms with Crippen LogP contribution in [-0.4, -0.2) is 42.2 Å². The number of hydrogen-bond donors (Lipinski definition) is 1. The lowest BCUT2D eigenvalue weighted by Crippen LogP contribution is -2.39. The summed E-state index contributed by atoms with van der Waals surface area (Å²) in [7, 11) is 1.44. The molecule has 26 heavy (non-hydrogen) atoms. The van der Waals surface area contributed by atoms with Gasteiger partial charge in [-0.1, -0.05) is 36.5 Å². The number of methoxy groups -OCH3 is 1. The molecule has 0 saturated carbocycles. The van der Waals surface area contributed by atoms with Crippen molar-refractivity contribution in [1.82, 2.24) is 10.2 Å². The van der Waals surface area contributed by atoms with E-state index in [1.165, 1.54) is 19.3 Å². The highest BCUT2D eigenvalue weighted by Crippen LogP contribution is 2.37. The number of carbonyl (C=O) groups is 3. The molecule has 1 aromatic carbocycles. The lowest BCUT2D eigenvalue weighted by atomic mass is 10.2. The van der Waals surface area contributed by atoms with Gasteiger partial charge in [0.2, 0.25) is 5.91 Å². The molecule has 2 rings (SSSR count). The molecule has 1 fully saturated rings. The number of amides is 3. The van der Waals surface area contributed by atoms with Crippen molar-refractivity contribution in [2.75, 3.05) is 20.2 Å². The number of thioether (sulfide) groups is 1. The molecule has 0 atom stereocenters. The Hall–Kier alpha value is -1.70. The molecule has 1 N–H and O–H groups in total. The summed E-state index contributed by atoms with van der Waals surface area (Å²) in [6.45, 7) is 2.21. The van der Waals surface area contributed by atoms with E-state index in [2.05, 4.69) is 5.32 Å². The topological polar surface area (TPSA) is 75.7 Å². The Morgan fingerprint density at radius 3 is 2.73 bits per heavy atom. The molecule has 1 aromatic rings. The highest BCUT2D eigenvalue weighted by Gasteiger charge is 2.36. The smallest absolute Gasteiger partial charge is 0.294 e. The average Bonchev–Trinajstić information content (AvgIpc) is 2.82. The Balaban J connectivity index is 2.18. The first-order valence-corrected chi connectivity index (χ1v) is 9.49. The fourth-order valence-corrected chi connectivity index (χ4v) is 3.70. The molecule has 0 aliphatic carbocycles. The van der Waals surface area contributed by atoms with Gasteiger partial charge in [0.25, 0.3) is 11.1 Å². The van der Waals surface area contributed by atoms with Crippen molar-refractivity contribution in [3.05, 3.63) is 32.6 Å². The molecule has 1 aliphatic heterocycles. The monoisotopic (exact) mass is 416 g/mol. The first-order chi connectivity index (χ1) is 12.4. The van der Waals surface area contributed by atoms with Gasteiger partial charge >= 0.3 is 0 Å². The van der Waals surface area contributed by atoms with Gasteiger partial charge in [-0.05, 0) is 36.4 Å². The fourth-order valence-electron chi connectivity index (χ4n) is 2.28. The number of halogens is 2. The minimum Gasteiger partial charge on any atom is -0.495 e. The van der Waals surface area contributed by atoms with Crippen LogP contribution in [0.15, 0.2) is 17.0 Å². The van der Waals surface area contributed by atoms with Gasteiger partial charge in [-0.15, -0.1) is 0 Å². The van der Waals surface area contributed by atoms with Crippen LogP contribution < -0.4 is 10.1 Å². The number of imide groups is 1. The number of nitrogens with zero attached hydrogens (tertiary/aromatic N) is 1. The van der Waals surface area contributed by atoms with Crippen molar-refractivity contribution < 1.29 is 19.1 Å². The number of unbranched alkanes of at least 4 members (excludes halogenated alkanes) is 1. The quantitative estimate of drug-likeness (QED) is 0.537. The summed E-state index contributed by atoms with van der Waals surface area (Å²) in [6.07, 6.45) is 3.26. The van der Waals surface area contributed by atoms with Crippen molar-refractivity contribution in [2.24, 2.45) is 0 Å². The zero-order valence-corrected chi connectivity index (χ0v) is 16.6. The van der Waals surface area contributed by atoms with Gasteiger partial charge < -0.3 is 10.1 Å². The van der Waals surface area contributed by atoms with E-state index in [1.807, 2.05) is 6.92 Å². The molecular formula is C17H18Cl2N2O4S. The molecule has 9 heteroatoms. The van der Waals surface area contributed by atoms with E-state index in [1.54, 1.807) is 6.07 Å². The Bertz CT molecular complexity index is 767. The molecule has 6 nitrogen and oxygen atoms in total. The van der Waals surface area contributed by atoms with Gasteiger partial charge in [0.05, 0.1) is 17.0 Å². The van der Waals surface area contributed by atoms with Gasteiger partial charge in [-0.25, -0.2) is 0 Å². The van der Waals surface area contributed by atoms with E-state index in [-0.39, 0.29) is 17.4 Å². The zero-order chi connectivity index (χ0) is 19.3. The molecule has 0 radical (unpaired) electrons. The van der Waals surface area contributed by atoms with Crippen molar-refractivity contribution >= 4 is 58.1 Å². The second-order valence-electron chi connectivity index (χ2n) is 5.48. The maximum absolute atomic E-state index is 12.5. The maximum Gasteiger partial charge on any atom is 0.294 e. The Kier molecular flexibility index (Phi) is 7.37. The van der Waals surface area contributed by atoms with Crippen LogP contribution in [-0.2, 0) is 9.59 Å². The predicted octanol–water partition coefficient (Wildman–Crippen LogP) is 3.95. The van der Waals surface area contributed by atoms with E-state index in [0.717, 1.165) is 29.5 Å². The molecule has 0 bridgehead atoms. The van der Waals surface area contributed by atoms with Crippen LogP contribution in [0.3, 0.4) is 0 Å². The maximum atomic E-state index is 12.5. The van der Waals surface area contributed by atoms with Gasteiger partial charge in [0.1, 0.15) is 12.3 Å². The summed E-state index contributed by atoms with van der Waals surface area (Å²) in [6, 6.07) is 3.10. The third kappa shape index (κ3) is 4.93. The van der Waals surface area contributed by atoms with Crippen LogP contribution in [0.2, 0.25) is 10.0 Å². The number of benzene rings is 1. The Morgan fingerprint density at radius 2 is 2.08 bits per heavy atom. The normalized spacial score (nSPS) is 15.7. The second kappa shape index (κ2) is 9.30. The average molecular weight is 417 g/mol. The van der Waals surface area contributed by atoms with Crippen LogP contribution >= 0.6 is 35.0 Å². The number of rotatable bonds is 7. The summed E-state index contributed by atoms with van der Waals surface area (Å²) in [4.78, 5) is 37.6. The van der Waals surface area contributed by atoms with Crippen molar-refractivity contribution in [3.8, 4) is 5.75 Å². The molecule has 3 amide bonds. The van der Waals surface area contributed by atoms with Crippen LogP contribution in [0.5, 0.6) is 5.75 Å². The molecule has 0 unspecified atom stereocenters. The largest absolute Gasteiger partial charge is 0.495 e. The number of nitrogens with one attached hydrogen (secondary N) is 1. The molecule has 140 valence electrons. The Morgan fingerprint density at radius 1 is 1.35 bits per heavy atom. The summed E-state index contributed by atoms with van der Waals surface area (Å²) >= 11 is 12.8. The minimum absolute atomic E-state index is 0.174. The summed E-state index contributed by atoms with van der Waals surface area (Å²) < 4.78 is 5.23. The molecule has 1 heterocycles. The molecule has 1 aliphatic rings. The first kappa shape index (κ1) is 20.6. The minimum atomic E-state index is -0.538. The van der Waals surface area contributed by atoms with Gasteiger partial charge in [0.15, 0.2) is 0 Å². The third-order valence-electron chi connectivity index (χ3n) is 3.56. The van der Waals surface area contributed by atoms with Crippen molar-refractivity contribution in [3.63, 3.8) is 0 Å². The standard InChI is InChI=1S/C17H18Cl2N2O4S/c1-3-4-5-20-14(22)9-21-16(23)13(26-17(21)24)7-10-6-11(18)8-12(19)15(10)25-2/h6-8H,3-5,9H2,1-2H3,(H,20,22)/b13-7-. The van der Waals surface area contributed by atoms with E-state index < -0.39 is 11.1 Å². The Labute approximate surface area is 165 Å². The number of ether oxygens (including phenoxy) is 1. The van der Waals surface area contributed by atoms with Crippen LogP contribution in [0.4, 0.5) is 4.79 Å². The predicted molar refractivity (Wildman–Crippen MR) is 104 cm³/mol. The molecule has 0 aromatic heterocycles. The van der Waals surface area contributed by atoms with Crippen LogP contribution in [0.25, 0.3) is 6.08 Å². The summed E-state index contributed by atoms with van der Waals surface area (Å²) in [5.41, 5.74) is 0.475. The summed E-state index contributed by atoms with van der Waals surface area (Å²) in [5.74, 6) is -0.561. The third-order valence-corrected chi connectivity index (χ3v) is 4.96. The van der Waals surface area contributed by atoms with E-state index >= 15 is 0 Å². The second-order valence-corrected chi connectivity index (χ2v) is 7.32. The number of hydrogen-bond acceptors (Lipinski definition) is 5. The SMILES string of the molecule is CCCCNC(=O)CN1C(=O)S/C(=C\c2cc(Cl)cc(Cl)c2OC)C1=O. The van der Waals surface area contributed by atoms with E-state index in [4.69, 9.17) is 27.9 Å². The fraction of sp³-hybridized carbons (Fsp3) is 0.353. The first-order valence-electron chi connectivity index (χ1n) is 7.92. The highest BCUT2D eigenvalue weighted by molar-refractivity contribution is 8.18. The van der Waals surface area contributed by atoms with E-state index in [0.29, 0.717) is 27.9 Å². The lowest BCUT2D eigenvalue weighted by Gasteiger charge is -2.12. The van der Waals surface area contributed by atoms with E-state index in [9.17, 15) is 14.4 Å². The van der Waals surface area contributed by atoms with Gasteiger partial charge in [0, 0.05) is 17.1 Å². The summed E-state index contributed by atoms with van der Waals surface area (Å²) in [5, 5.41) is 2.84. The van der Waals surface area contributed by atoms with Gasteiger partial charge in [-0.2, -0.15) is 0 Å². The number of carbonyl (C=O) groups excluding carboxylic acids is 3. The molecular weight excluding hydrogens is 399 g/mol. The van der Waals surface area contributed by atoms with Crippen LogP contribution in [0.1, 0.15) is 25.3 Å². The lowest BCUT2D eigenvalue weighted by molar-refractivity contribution is -0.129. The van der Waals surface area contributed by atoms with Gasteiger partial charge in [-0.3, -0.25) is 19.3 Å².